The van der Waals surface area contributed by atoms with Gasteiger partial charge in [-0.2, -0.15) is 0 Å². The van der Waals surface area contributed by atoms with Gasteiger partial charge in [0, 0.05) is 41.8 Å². The van der Waals surface area contributed by atoms with Crippen molar-refractivity contribution in [2.24, 2.45) is 5.92 Å². The minimum Gasteiger partial charge on any atom is -0.345 e. The van der Waals surface area contributed by atoms with E-state index in [1.807, 2.05) is 30.2 Å². The molecule has 0 radical (unpaired) electrons. The number of amides is 2. The van der Waals surface area contributed by atoms with Crippen molar-refractivity contribution >= 4 is 34.6 Å². The Morgan fingerprint density at radius 1 is 1.14 bits per heavy atom. The summed E-state index contributed by atoms with van der Waals surface area (Å²) in [7, 11) is 1.76. The molecule has 4 rings (SSSR count). The van der Waals surface area contributed by atoms with E-state index in [1.54, 1.807) is 20.0 Å². The number of likely N-dealkylation sites (N-methyl/N-ethyl adjacent to an activating group) is 1. The summed E-state index contributed by atoms with van der Waals surface area (Å²) < 4.78 is 2.12. The minimum absolute atomic E-state index is 0.0185. The Balaban J connectivity index is 1.60. The zero-order chi connectivity index (χ0) is 25.8. The van der Waals surface area contributed by atoms with E-state index < -0.39 is 6.04 Å². The molecule has 0 spiro atoms. The molecule has 2 aromatic rings. The third-order valence-electron chi connectivity index (χ3n) is 8.10. The van der Waals surface area contributed by atoms with Crippen molar-refractivity contribution in [3.8, 4) is 0 Å². The molecule has 2 N–H and O–H groups in total. The zero-order valence-electron chi connectivity index (χ0n) is 21.9. The fourth-order valence-corrected chi connectivity index (χ4v) is 5.85. The molecule has 3 atom stereocenters. The number of carbonyl (C=O) groups is 3. The number of benzene rings is 1. The van der Waals surface area contributed by atoms with Crippen molar-refractivity contribution in [1.82, 2.24) is 20.1 Å². The van der Waals surface area contributed by atoms with Gasteiger partial charge in [-0.15, -0.1) is 0 Å². The average molecular weight is 493 g/mol. The van der Waals surface area contributed by atoms with E-state index in [-0.39, 0.29) is 35.6 Å². The quantitative estimate of drug-likeness (QED) is 0.515. The normalized spacial score (nSPS) is 20.3. The lowest BCUT2D eigenvalue weighted by Crippen LogP contribution is -2.56. The summed E-state index contributed by atoms with van der Waals surface area (Å²) in [5, 5.41) is 7.02. The first-order chi connectivity index (χ1) is 17.3. The summed E-state index contributed by atoms with van der Waals surface area (Å²) >= 11 is 0. The van der Waals surface area contributed by atoms with Gasteiger partial charge in [0.05, 0.1) is 6.04 Å². The van der Waals surface area contributed by atoms with E-state index in [0.29, 0.717) is 18.7 Å². The Morgan fingerprint density at radius 3 is 2.56 bits per heavy atom. The van der Waals surface area contributed by atoms with Crippen LogP contribution in [0.4, 0.5) is 0 Å². The lowest BCUT2D eigenvalue weighted by molar-refractivity contribution is -0.139. The summed E-state index contributed by atoms with van der Waals surface area (Å²) in [6.07, 6.45) is 10.9. The Labute approximate surface area is 214 Å². The fourth-order valence-electron chi connectivity index (χ4n) is 5.85. The maximum atomic E-state index is 14.0. The van der Waals surface area contributed by atoms with Gasteiger partial charge in [0.15, 0.2) is 5.78 Å². The Bertz CT molecular complexity index is 1130. The summed E-state index contributed by atoms with van der Waals surface area (Å²) in [5.41, 5.74) is 2.68. The van der Waals surface area contributed by atoms with Gasteiger partial charge < -0.3 is 20.1 Å². The molecule has 3 unspecified atom stereocenters. The first kappa shape index (κ1) is 26.1. The van der Waals surface area contributed by atoms with Gasteiger partial charge in [-0.1, -0.05) is 44.1 Å². The topological polar surface area (TPSA) is 83.4 Å². The Morgan fingerprint density at radius 2 is 1.89 bits per heavy atom. The van der Waals surface area contributed by atoms with Gasteiger partial charge in [-0.25, -0.2) is 0 Å². The van der Waals surface area contributed by atoms with Gasteiger partial charge in [0.1, 0.15) is 6.04 Å². The maximum Gasteiger partial charge on any atom is 0.245 e. The predicted molar refractivity (Wildman–Crippen MR) is 144 cm³/mol. The number of carbonyl (C=O) groups excluding carboxylic acids is 3. The number of nitrogens with one attached hydrogen (secondary N) is 2. The molecule has 0 bridgehead atoms. The molecule has 2 fully saturated rings. The van der Waals surface area contributed by atoms with E-state index in [4.69, 9.17) is 0 Å². The van der Waals surface area contributed by atoms with Crippen LogP contribution in [0.25, 0.3) is 17.0 Å². The number of rotatable bonds is 9. The molecule has 1 aliphatic heterocycles. The molecular formula is C29H40N4O3. The molecule has 2 aliphatic rings. The van der Waals surface area contributed by atoms with Crippen LogP contribution < -0.4 is 10.6 Å². The van der Waals surface area contributed by atoms with Crippen molar-refractivity contribution < 1.29 is 14.4 Å². The van der Waals surface area contributed by atoms with E-state index in [0.717, 1.165) is 55.0 Å². The van der Waals surface area contributed by atoms with E-state index in [1.165, 1.54) is 6.42 Å². The lowest BCUT2D eigenvalue weighted by atomic mass is 9.83. The monoisotopic (exact) mass is 492 g/mol. The van der Waals surface area contributed by atoms with Crippen LogP contribution in [0.5, 0.6) is 0 Å². The van der Waals surface area contributed by atoms with Crippen molar-refractivity contribution in [1.29, 1.82) is 0 Å². The predicted octanol–water partition coefficient (Wildman–Crippen LogP) is 4.15. The fraction of sp³-hybridized carbons (Fsp3) is 0.552. The summed E-state index contributed by atoms with van der Waals surface area (Å²) in [6, 6.07) is 5.19. The molecule has 2 amide bonds. The number of nitrogens with zero attached hydrogens (tertiary/aromatic N) is 2. The van der Waals surface area contributed by atoms with Crippen LogP contribution in [0, 0.1) is 5.92 Å². The first-order valence-corrected chi connectivity index (χ1v) is 13.4. The van der Waals surface area contributed by atoms with E-state index >= 15 is 0 Å². The standard InChI is InChI=1S/C29H40N4O3/c1-5-21-13-14-24-25(20(3)34)18-32(26(24)16-21)17-23-12-9-15-33(23)29(36)27(22-10-7-6-8-11-22)31-28(35)19(2)30-4/h5,13-14,16,18-19,22-23,27,30H,1,6-12,15,17H2,2-4H3,(H,31,35). The third kappa shape index (κ3) is 5.41. The molecule has 7 nitrogen and oxygen atoms in total. The van der Waals surface area contributed by atoms with Gasteiger partial charge in [0.2, 0.25) is 11.8 Å². The Kier molecular flexibility index (Phi) is 8.29. The molecule has 7 heteroatoms. The SMILES string of the molecule is C=Cc1ccc2c(C(C)=O)cn(CC3CCCN3C(=O)C(NC(=O)C(C)NC)C3CCCCC3)c2c1. The summed E-state index contributed by atoms with van der Waals surface area (Å²) in [4.78, 5) is 41.1. The highest BCUT2D eigenvalue weighted by atomic mass is 16.2. The van der Waals surface area contributed by atoms with E-state index in [9.17, 15) is 14.4 Å². The smallest absolute Gasteiger partial charge is 0.245 e. The number of fused-ring (bicyclic) bond motifs is 1. The second kappa shape index (κ2) is 11.4. The second-order valence-corrected chi connectivity index (χ2v) is 10.5. The molecule has 1 aromatic carbocycles. The van der Waals surface area contributed by atoms with Crippen LogP contribution in [-0.2, 0) is 16.1 Å². The molecule has 1 aliphatic carbocycles. The van der Waals surface area contributed by atoms with Crippen LogP contribution in [0.15, 0.2) is 31.0 Å². The van der Waals surface area contributed by atoms with Gasteiger partial charge in [-0.3, -0.25) is 14.4 Å². The maximum absolute atomic E-state index is 14.0. The Hall–Kier alpha value is -2.93. The highest BCUT2D eigenvalue weighted by molar-refractivity contribution is 6.07. The molecule has 2 heterocycles. The van der Waals surface area contributed by atoms with Gasteiger partial charge >= 0.3 is 0 Å². The first-order valence-electron chi connectivity index (χ1n) is 13.4. The van der Waals surface area contributed by atoms with Gasteiger partial charge in [0.25, 0.3) is 0 Å². The number of hydrogen-bond donors (Lipinski definition) is 2. The number of ketones is 1. The highest BCUT2D eigenvalue weighted by Crippen LogP contribution is 2.31. The second-order valence-electron chi connectivity index (χ2n) is 10.5. The molecule has 1 saturated heterocycles. The van der Waals surface area contributed by atoms with Crippen LogP contribution in [-0.4, -0.2) is 58.8 Å². The highest BCUT2D eigenvalue weighted by Gasteiger charge is 2.38. The molecule has 1 aromatic heterocycles. The van der Waals surface area contributed by atoms with Crippen molar-refractivity contribution in [2.45, 2.75) is 83.5 Å². The van der Waals surface area contributed by atoms with Crippen molar-refractivity contribution in [2.75, 3.05) is 13.6 Å². The van der Waals surface area contributed by atoms with Crippen LogP contribution in [0.3, 0.4) is 0 Å². The molecule has 36 heavy (non-hydrogen) atoms. The number of aromatic nitrogens is 1. The summed E-state index contributed by atoms with van der Waals surface area (Å²) in [5.74, 6) is 0.114. The van der Waals surface area contributed by atoms with Crippen LogP contribution in [0.2, 0.25) is 0 Å². The minimum atomic E-state index is -0.490. The lowest BCUT2D eigenvalue weighted by Gasteiger charge is -2.35. The third-order valence-corrected chi connectivity index (χ3v) is 8.10. The van der Waals surface area contributed by atoms with Crippen LogP contribution in [0.1, 0.15) is 74.7 Å². The number of hydrogen-bond acceptors (Lipinski definition) is 4. The number of Topliss-reactive ketones (excluding diaryl/α,β-unsaturated/α-hetero) is 1. The summed E-state index contributed by atoms with van der Waals surface area (Å²) in [6.45, 7) is 8.61. The molecular weight excluding hydrogens is 452 g/mol. The zero-order valence-corrected chi connectivity index (χ0v) is 21.9. The van der Waals surface area contributed by atoms with Crippen molar-refractivity contribution in [3.63, 3.8) is 0 Å². The largest absolute Gasteiger partial charge is 0.345 e. The van der Waals surface area contributed by atoms with Crippen LogP contribution >= 0.6 is 0 Å². The van der Waals surface area contributed by atoms with Gasteiger partial charge in [-0.05, 0) is 64.1 Å². The number of likely N-dealkylation sites (tertiary alicyclic amines) is 1. The average Bonchev–Trinajstić information content (AvgIpc) is 3.51. The van der Waals surface area contributed by atoms with Crippen molar-refractivity contribution in [3.05, 3.63) is 42.1 Å². The molecule has 194 valence electrons. The van der Waals surface area contributed by atoms with E-state index in [2.05, 4.69) is 27.8 Å². The molecule has 1 saturated carbocycles.